The molecule has 0 radical (unpaired) electrons. The lowest BCUT2D eigenvalue weighted by molar-refractivity contribution is -0.00131. The minimum atomic E-state index is 0.642. The molecule has 0 unspecified atom stereocenters. The van der Waals surface area contributed by atoms with Gasteiger partial charge in [0.1, 0.15) is 0 Å². The lowest BCUT2D eigenvalue weighted by Gasteiger charge is -2.33. The zero-order valence-electron chi connectivity index (χ0n) is 6.83. The van der Waals surface area contributed by atoms with Crippen LogP contribution in [0, 0.1) is 0 Å². The van der Waals surface area contributed by atoms with Crippen molar-refractivity contribution >= 4 is 0 Å². The van der Waals surface area contributed by atoms with Crippen molar-refractivity contribution < 1.29 is 4.74 Å². The fraction of sp³-hybridized carbons (Fsp3) is 1.00. The van der Waals surface area contributed by atoms with E-state index in [0.717, 1.165) is 26.3 Å². The molecule has 0 aromatic heterocycles. The second kappa shape index (κ2) is 3.09. The summed E-state index contributed by atoms with van der Waals surface area (Å²) in [6, 6.07) is 1.32. The van der Waals surface area contributed by atoms with Gasteiger partial charge in [0.05, 0.1) is 13.2 Å². The molecule has 2 heterocycles. The van der Waals surface area contributed by atoms with Crippen LogP contribution in [0.3, 0.4) is 0 Å². The Morgan fingerprint density at radius 1 is 1.45 bits per heavy atom. The third-order valence-electron chi connectivity index (χ3n) is 2.85. The summed E-state index contributed by atoms with van der Waals surface area (Å²) in [6.07, 6.45) is 2.55. The normalized spacial score (nSPS) is 39.0. The van der Waals surface area contributed by atoms with Gasteiger partial charge in [0, 0.05) is 25.2 Å². The van der Waals surface area contributed by atoms with E-state index in [2.05, 4.69) is 4.90 Å². The standard InChI is InChI=1S/C8H16N2O/c9-5-7-1-2-8-6-11-4-3-10(7)8/h7-8H,1-6,9H2/t7-,8-/m0/s1. The van der Waals surface area contributed by atoms with E-state index in [1.54, 1.807) is 0 Å². The number of nitrogens with two attached hydrogens (primary N) is 1. The second-order valence-corrected chi connectivity index (χ2v) is 3.43. The molecule has 0 aromatic rings. The first-order valence-corrected chi connectivity index (χ1v) is 4.45. The number of hydrogen-bond donors (Lipinski definition) is 1. The molecular weight excluding hydrogens is 140 g/mol. The third-order valence-corrected chi connectivity index (χ3v) is 2.85. The van der Waals surface area contributed by atoms with Gasteiger partial charge in [0.25, 0.3) is 0 Å². The molecule has 2 aliphatic rings. The largest absolute Gasteiger partial charge is 0.378 e. The highest BCUT2D eigenvalue weighted by Gasteiger charge is 2.34. The Morgan fingerprint density at radius 2 is 2.36 bits per heavy atom. The average Bonchev–Trinajstić information content (AvgIpc) is 2.47. The number of morpholine rings is 1. The second-order valence-electron chi connectivity index (χ2n) is 3.43. The number of rotatable bonds is 1. The van der Waals surface area contributed by atoms with Gasteiger partial charge in [-0.2, -0.15) is 0 Å². The van der Waals surface area contributed by atoms with Gasteiger partial charge in [-0.15, -0.1) is 0 Å². The zero-order chi connectivity index (χ0) is 7.68. The average molecular weight is 156 g/mol. The van der Waals surface area contributed by atoms with Crippen molar-refractivity contribution in [1.82, 2.24) is 4.90 Å². The molecule has 0 aliphatic carbocycles. The summed E-state index contributed by atoms with van der Waals surface area (Å²) in [6.45, 7) is 3.73. The highest BCUT2D eigenvalue weighted by Crippen LogP contribution is 2.25. The molecule has 3 heteroatoms. The van der Waals surface area contributed by atoms with Gasteiger partial charge in [0.2, 0.25) is 0 Å². The molecule has 64 valence electrons. The van der Waals surface area contributed by atoms with E-state index in [0.29, 0.717) is 12.1 Å². The molecule has 0 amide bonds. The van der Waals surface area contributed by atoms with Crippen LogP contribution >= 0.6 is 0 Å². The molecule has 0 bridgehead atoms. The zero-order valence-corrected chi connectivity index (χ0v) is 6.83. The van der Waals surface area contributed by atoms with Gasteiger partial charge in [-0.3, -0.25) is 4.90 Å². The maximum atomic E-state index is 5.66. The van der Waals surface area contributed by atoms with E-state index in [1.807, 2.05) is 0 Å². The molecule has 11 heavy (non-hydrogen) atoms. The van der Waals surface area contributed by atoms with E-state index >= 15 is 0 Å². The van der Waals surface area contributed by atoms with Crippen LogP contribution in [0.25, 0.3) is 0 Å². The number of nitrogens with zero attached hydrogens (tertiary/aromatic N) is 1. The van der Waals surface area contributed by atoms with Gasteiger partial charge in [-0.1, -0.05) is 0 Å². The van der Waals surface area contributed by atoms with Crippen LogP contribution in [0.4, 0.5) is 0 Å². The Bertz CT molecular complexity index is 134. The minimum absolute atomic E-state index is 0.642. The van der Waals surface area contributed by atoms with Crippen LogP contribution in [-0.4, -0.2) is 43.3 Å². The monoisotopic (exact) mass is 156 g/mol. The first-order valence-electron chi connectivity index (χ1n) is 4.45. The molecule has 2 rings (SSSR count). The quantitative estimate of drug-likeness (QED) is 0.572. The molecule has 2 aliphatic heterocycles. The van der Waals surface area contributed by atoms with E-state index in [4.69, 9.17) is 10.5 Å². The van der Waals surface area contributed by atoms with Crippen molar-refractivity contribution in [2.24, 2.45) is 5.73 Å². The molecular formula is C8H16N2O. The summed E-state index contributed by atoms with van der Waals surface area (Å²) < 4.78 is 5.39. The Balaban J connectivity index is 1.98. The van der Waals surface area contributed by atoms with Crippen LogP contribution in [0.2, 0.25) is 0 Å². The van der Waals surface area contributed by atoms with Gasteiger partial charge >= 0.3 is 0 Å². The Morgan fingerprint density at radius 3 is 3.18 bits per heavy atom. The van der Waals surface area contributed by atoms with Gasteiger partial charge in [0.15, 0.2) is 0 Å². The van der Waals surface area contributed by atoms with Gasteiger partial charge < -0.3 is 10.5 Å². The predicted molar refractivity (Wildman–Crippen MR) is 43.4 cm³/mol. The SMILES string of the molecule is NC[C@@H]1CC[C@H]2COCCN12. The van der Waals surface area contributed by atoms with Gasteiger partial charge in [-0.05, 0) is 12.8 Å². The maximum absolute atomic E-state index is 5.66. The van der Waals surface area contributed by atoms with Crippen LogP contribution in [0.1, 0.15) is 12.8 Å². The van der Waals surface area contributed by atoms with Gasteiger partial charge in [-0.25, -0.2) is 0 Å². The Hall–Kier alpha value is -0.120. The summed E-state index contributed by atoms with van der Waals surface area (Å²) in [4.78, 5) is 2.52. The molecule has 0 saturated carbocycles. The smallest absolute Gasteiger partial charge is 0.0622 e. The van der Waals surface area contributed by atoms with Crippen molar-refractivity contribution in [3.05, 3.63) is 0 Å². The Kier molecular flexibility index (Phi) is 2.11. The lowest BCUT2D eigenvalue weighted by Crippen LogP contribution is -2.47. The van der Waals surface area contributed by atoms with Crippen molar-refractivity contribution in [3.8, 4) is 0 Å². The molecule has 2 fully saturated rings. The van der Waals surface area contributed by atoms with E-state index < -0.39 is 0 Å². The van der Waals surface area contributed by atoms with Crippen LogP contribution in [-0.2, 0) is 4.74 Å². The summed E-state index contributed by atoms with van der Waals surface area (Å²) in [5.74, 6) is 0. The van der Waals surface area contributed by atoms with E-state index in [1.165, 1.54) is 12.8 Å². The molecule has 3 nitrogen and oxygen atoms in total. The third kappa shape index (κ3) is 1.28. The van der Waals surface area contributed by atoms with Crippen LogP contribution in [0.5, 0.6) is 0 Å². The number of ether oxygens (including phenoxy) is 1. The number of fused-ring (bicyclic) bond motifs is 1. The minimum Gasteiger partial charge on any atom is -0.378 e. The topological polar surface area (TPSA) is 38.5 Å². The predicted octanol–water partition coefficient (Wildman–Crippen LogP) is -0.192. The summed E-state index contributed by atoms with van der Waals surface area (Å²) in [5.41, 5.74) is 5.66. The van der Waals surface area contributed by atoms with Crippen LogP contribution in [0.15, 0.2) is 0 Å². The molecule has 2 N–H and O–H groups in total. The lowest BCUT2D eigenvalue weighted by atomic mass is 10.2. The molecule has 2 atom stereocenters. The van der Waals surface area contributed by atoms with E-state index in [9.17, 15) is 0 Å². The number of hydrogen-bond acceptors (Lipinski definition) is 3. The summed E-state index contributed by atoms with van der Waals surface area (Å²) in [7, 11) is 0. The molecule has 0 spiro atoms. The molecule has 0 aromatic carbocycles. The summed E-state index contributed by atoms with van der Waals surface area (Å²) >= 11 is 0. The summed E-state index contributed by atoms with van der Waals surface area (Å²) in [5, 5.41) is 0. The van der Waals surface area contributed by atoms with Crippen molar-refractivity contribution in [2.75, 3.05) is 26.3 Å². The van der Waals surface area contributed by atoms with E-state index in [-0.39, 0.29) is 0 Å². The maximum Gasteiger partial charge on any atom is 0.0622 e. The fourth-order valence-corrected chi connectivity index (χ4v) is 2.20. The highest BCUT2D eigenvalue weighted by molar-refractivity contribution is 4.89. The molecule has 2 saturated heterocycles. The highest BCUT2D eigenvalue weighted by atomic mass is 16.5. The fourth-order valence-electron chi connectivity index (χ4n) is 2.20. The van der Waals surface area contributed by atoms with Crippen molar-refractivity contribution in [1.29, 1.82) is 0 Å². The first-order chi connectivity index (χ1) is 5.42. The first kappa shape index (κ1) is 7.53. The van der Waals surface area contributed by atoms with Crippen LogP contribution < -0.4 is 5.73 Å². The van der Waals surface area contributed by atoms with Crippen molar-refractivity contribution in [3.63, 3.8) is 0 Å². The Labute approximate surface area is 67.5 Å². The van der Waals surface area contributed by atoms with Crippen molar-refractivity contribution in [2.45, 2.75) is 24.9 Å².